The van der Waals surface area contributed by atoms with E-state index in [1.54, 1.807) is 12.1 Å². The van der Waals surface area contributed by atoms with Crippen LogP contribution in [0.4, 0.5) is 4.39 Å². The first kappa shape index (κ1) is 17.9. The molecule has 0 radical (unpaired) electrons. The van der Waals surface area contributed by atoms with Crippen molar-refractivity contribution in [3.63, 3.8) is 0 Å². The summed E-state index contributed by atoms with van der Waals surface area (Å²) in [4.78, 5) is 0. The van der Waals surface area contributed by atoms with Crippen molar-refractivity contribution < 1.29 is 14.2 Å². The fourth-order valence-electron chi connectivity index (χ4n) is 3.32. The van der Waals surface area contributed by atoms with Crippen molar-refractivity contribution in [2.45, 2.75) is 31.8 Å². The topological polar surface area (TPSA) is 41.5 Å². The molecule has 0 spiro atoms. The van der Waals surface area contributed by atoms with E-state index in [9.17, 15) is 9.50 Å². The van der Waals surface area contributed by atoms with Gasteiger partial charge in [0.05, 0.1) is 13.2 Å². The highest BCUT2D eigenvalue weighted by Gasteiger charge is 2.48. The van der Waals surface area contributed by atoms with E-state index in [-0.39, 0.29) is 17.0 Å². The minimum absolute atomic E-state index is 0.0203. The average molecular weight is 343 g/mol. The monoisotopic (exact) mass is 343 g/mol. The second-order valence-corrected chi connectivity index (χ2v) is 6.92. The van der Waals surface area contributed by atoms with Crippen LogP contribution < -0.4 is 10.1 Å². The van der Waals surface area contributed by atoms with Gasteiger partial charge in [-0.2, -0.15) is 0 Å². The molecule has 3 nitrogen and oxygen atoms in total. The van der Waals surface area contributed by atoms with Gasteiger partial charge < -0.3 is 15.2 Å². The van der Waals surface area contributed by atoms with Crippen molar-refractivity contribution in [2.24, 2.45) is 5.41 Å². The van der Waals surface area contributed by atoms with Crippen LogP contribution in [-0.2, 0) is 6.42 Å². The maximum Gasteiger partial charge on any atom is 0.165 e. The van der Waals surface area contributed by atoms with Gasteiger partial charge in [0.15, 0.2) is 11.6 Å². The number of hydrogen-bond acceptors (Lipinski definition) is 3. The van der Waals surface area contributed by atoms with Gasteiger partial charge in [0.1, 0.15) is 0 Å². The molecule has 134 valence electrons. The largest absolute Gasteiger partial charge is 0.494 e. The Morgan fingerprint density at radius 1 is 1.20 bits per heavy atom. The molecule has 0 aromatic heterocycles. The molecule has 4 heteroatoms. The number of rotatable bonds is 9. The summed E-state index contributed by atoms with van der Waals surface area (Å²) in [7, 11) is 1.47. The molecule has 1 aliphatic carbocycles. The number of aliphatic hydroxyl groups excluding tert-OH is 1. The van der Waals surface area contributed by atoms with Gasteiger partial charge in [-0.1, -0.05) is 36.4 Å². The minimum Gasteiger partial charge on any atom is -0.494 e. The summed E-state index contributed by atoms with van der Waals surface area (Å²) in [5.41, 5.74) is 1.95. The van der Waals surface area contributed by atoms with E-state index < -0.39 is 6.10 Å². The molecule has 2 aromatic carbocycles. The van der Waals surface area contributed by atoms with Crippen molar-refractivity contribution >= 4 is 0 Å². The van der Waals surface area contributed by atoms with Crippen LogP contribution in [0.15, 0.2) is 48.5 Å². The van der Waals surface area contributed by atoms with Crippen LogP contribution in [-0.4, -0.2) is 25.3 Å². The molecule has 0 aliphatic heterocycles. The SMILES string of the molecule is COc1ccc(CCCNCC2([C@@H](O)c3ccccc3)CC2)cc1F. The maximum absolute atomic E-state index is 13.7. The smallest absolute Gasteiger partial charge is 0.165 e. The van der Waals surface area contributed by atoms with Gasteiger partial charge >= 0.3 is 0 Å². The Balaban J connectivity index is 1.42. The van der Waals surface area contributed by atoms with Crippen molar-refractivity contribution in [1.29, 1.82) is 0 Å². The summed E-state index contributed by atoms with van der Waals surface area (Å²) in [6.07, 6.45) is 3.46. The number of methoxy groups -OCH3 is 1. The Hall–Kier alpha value is -1.91. The highest BCUT2D eigenvalue weighted by Crippen LogP contribution is 2.54. The molecule has 0 heterocycles. The maximum atomic E-state index is 13.7. The zero-order chi connectivity index (χ0) is 17.7. The number of halogens is 1. The molecule has 0 saturated heterocycles. The minimum atomic E-state index is -0.406. The fourth-order valence-corrected chi connectivity index (χ4v) is 3.32. The van der Waals surface area contributed by atoms with Crippen molar-refractivity contribution in [3.05, 3.63) is 65.5 Å². The van der Waals surface area contributed by atoms with Crippen LogP contribution in [0.2, 0.25) is 0 Å². The van der Waals surface area contributed by atoms with Gasteiger partial charge in [0.2, 0.25) is 0 Å². The number of ether oxygens (including phenoxy) is 1. The van der Waals surface area contributed by atoms with Crippen LogP contribution >= 0.6 is 0 Å². The van der Waals surface area contributed by atoms with Crippen LogP contribution in [0.25, 0.3) is 0 Å². The van der Waals surface area contributed by atoms with Crippen LogP contribution in [0.5, 0.6) is 5.75 Å². The van der Waals surface area contributed by atoms with Gasteiger partial charge in [-0.3, -0.25) is 0 Å². The molecule has 1 saturated carbocycles. The van der Waals surface area contributed by atoms with E-state index in [1.165, 1.54) is 7.11 Å². The highest BCUT2D eigenvalue weighted by atomic mass is 19.1. The number of hydrogen-bond donors (Lipinski definition) is 2. The lowest BCUT2D eigenvalue weighted by Crippen LogP contribution is -2.29. The summed E-state index contributed by atoms with van der Waals surface area (Å²) in [6, 6.07) is 15.0. The van der Waals surface area contributed by atoms with E-state index in [0.717, 1.165) is 49.9 Å². The first-order chi connectivity index (χ1) is 12.1. The Bertz CT molecular complexity index is 686. The average Bonchev–Trinajstić information content (AvgIpc) is 3.43. The molecule has 0 bridgehead atoms. The van der Waals surface area contributed by atoms with Gasteiger partial charge in [-0.25, -0.2) is 4.39 Å². The zero-order valence-electron chi connectivity index (χ0n) is 14.7. The lowest BCUT2D eigenvalue weighted by Gasteiger charge is -2.23. The molecule has 0 unspecified atom stereocenters. The summed E-state index contributed by atoms with van der Waals surface area (Å²) in [6.45, 7) is 1.68. The molecule has 2 aromatic rings. The predicted octanol–water partition coefficient (Wildman–Crippen LogP) is 3.87. The van der Waals surface area contributed by atoms with E-state index in [2.05, 4.69) is 5.32 Å². The third-order valence-corrected chi connectivity index (χ3v) is 5.10. The molecular weight excluding hydrogens is 317 g/mol. The molecule has 3 rings (SSSR count). The van der Waals surface area contributed by atoms with Crippen LogP contribution in [0.1, 0.15) is 36.5 Å². The van der Waals surface area contributed by atoms with Crippen molar-refractivity contribution in [1.82, 2.24) is 5.32 Å². The first-order valence-electron chi connectivity index (χ1n) is 8.91. The van der Waals surface area contributed by atoms with Crippen LogP contribution in [0.3, 0.4) is 0 Å². The third-order valence-electron chi connectivity index (χ3n) is 5.10. The predicted molar refractivity (Wildman–Crippen MR) is 97.2 cm³/mol. The van der Waals surface area contributed by atoms with Gasteiger partial charge in [-0.15, -0.1) is 0 Å². The second kappa shape index (κ2) is 7.98. The highest BCUT2D eigenvalue weighted by molar-refractivity contribution is 5.29. The Morgan fingerprint density at radius 3 is 2.60 bits per heavy atom. The quantitative estimate of drug-likeness (QED) is 0.679. The van der Waals surface area contributed by atoms with Gasteiger partial charge in [-0.05, 0) is 55.5 Å². The van der Waals surface area contributed by atoms with Gasteiger partial charge in [0.25, 0.3) is 0 Å². The third kappa shape index (κ3) is 4.39. The number of benzene rings is 2. The summed E-state index contributed by atoms with van der Waals surface area (Å²) >= 11 is 0. The lowest BCUT2D eigenvalue weighted by atomic mass is 9.92. The van der Waals surface area contributed by atoms with Crippen LogP contribution in [0, 0.1) is 11.2 Å². The number of aryl methyl sites for hydroxylation is 1. The Morgan fingerprint density at radius 2 is 1.96 bits per heavy atom. The van der Waals surface area contributed by atoms with Crippen molar-refractivity contribution in [3.8, 4) is 5.75 Å². The molecule has 1 fully saturated rings. The second-order valence-electron chi connectivity index (χ2n) is 6.92. The van der Waals surface area contributed by atoms with Crippen molar-refractivity contribution in [2.75, 3.05) is 20.2 Å². The molecule has 1 aliphatic rings. The zero-order valence-corrected chi connectivity index (χ0v) is 14.7. The lowest BCUT2D eigenvalue weighted by molar-refractivity contribution is 0.0920. The first-order valence-corrected chi connectivity index (χ1v) is 8.91. The molecular formula is C21H26FNO2. The Labute approximate surface area is 148 Å². The summed E-state index contributed by atoms with van der Waals surface area (Å²) in [5.74, 6) is -0.0247. The van der Waals surface area contributed by atoms with E-state index in [0.29, 0.717) is 0 Å². The number of nitrogens with one attached hydrogen (secondary N) is 1. The van der Waals surface area contributed by atoms with E-state index in [4.69, 9.17) is 4.74 Å². The summed E-state index contributed by atoms with van der Waals surface area (Å²) < 4.78 is 18.6. The van der Waals surface area contributed by atoms with E-state index in [1.807, 2.05) is 36.4 Å². The fraction of sp³-hybridized carbons (Fsp3) is 0.429. The Kier molecular flexibility index (Phi) is 5.71. The molecule has 1 atom stereocenters. The number of aliphatic hydroxyl groups is 1. The van der Waals surface area contributed by atoms with E-state index >= 15 is 0 Å². The summed E-state index contributed by atoms with van der Waals surface area (Å²) in [5, 5.41) is 14.1. The van der Waals surface area contributed by atoms with Gasteiger partial charge in [0, 0.05) is 12.0 Å². The molecule has 25 heavy (non-hydrogen) atoms. The standard InChI is InChI=1S/C21H26FNO2/c1-25-19-10-9-16(14-18(19)22)6-5-13-23-15-21(11-12-21)20(24)17-7-3-2-4-8-17/h2-4,7-10,14,20,23-24H,5-6,11-13,15H2,1H3/t20-/m0/s1. The molecule has 2 N–H and O–H groups in total. The molecule has 0 amide bonds. The normalized spacial score (nSPS) is 16.4.